The highest BCUT2D eigenvalue weighted by molar-refractivity contribution is 4.93. The van der Waals surface area contributed by atoms with Gasteiger partial charge in [0.15, 0.2) is 0 Å². The molecule has 0 aromatic carbocycles. The van der Waals surface area contributed by atoms with Gasteiger partial charge < -0.3 is 0 Å². The molecule has 2 aliphatic rings. The van der Waals surface area contributed by atoms with Crippen LogP contribution in [0.4, 0.5) is 0 Å². The number of piperidine rings is 1. The van der Waals surface area contributed by atoms with Crippen molar-refractivity contribution >= 4 is 0 Å². The summed E-state index contributed by atoms with van der Waals surface area (Å²) in [7, 11) is 0. The number of hydrogen-bond acceptors (Lipinski definition) is 2. The molecule has 0 bridgehead atoms. The molecule has 2 rings (SSSR count). The standard InChI is InChI=1S/C16H32N2/c1-5-14-11-17-10-8-7-9-15(17)12-18(14)16(6-2)13(3)4/h13-16H,5-12H2,1-4H3. The molecule has 2 saturated heterocycles. The molecule has 3 unspecified atom stereocenters. The fourth-order valence-corrected chi connectivity index (χ4v) is 4.13. The molecule has 0 aromatic heterocycles. The van der Waals surface area contributed by atoms with E-state index in [1.165, 1.54) is 51.7 Å². The number of nitrogens with zero attached hydrogens (tertiary/aromatic N) is 2. The van der Waals surface area contributed by atoms with Gasteiger partial charge in [0.25, 0.3) is 0 Å². The molecular weight excluding hydrogens is 220 g/mol. The molecule has 2 heteroatoms. The van der Waals surface area contributed by atoms with E-state index in [4.69, 9.17) is 0 Å². The van der Waals surface area contributed by atoms with Crippen LogP contribution >= 0.6 is 0 Å². The topological polar surface area (TPSA) is 6.48 Å². The first-order valence-corrected chi connectivity index (χ1v) is 8.17. The average molecular weight is 252 g/mol. The van der Waals surface area contributed by atoms with Gasteiger partial charge >= 0.3 is 0 Å². The van der Waals surface area contributed by atoms with Crippen molar-refractivity contribution in [2.45, 2.75) is 77.9 Å². The van der Waals surface area contributed by atoms with Crippen LogP contribution in [0, 0.1) is 5.92 Å². The zero-order valence-corrected chi connectivity index (χ0v) is 12.9. The molecule has 0 aromatic rings. The van der Waals surface area contributed by atoms with Gasteiger partial charge in [-0.1, -0.05) is 34.1 Å². The number of piperazine rings is 1. The van der Waals surface area contributed by atoms with E-state index in [1.54, 1.807) is 0 Å². The molecule has 0 N–H and O–H groups in total. The van der Waals surface area contributed by atoms with Crippen LogP contribution in [0.3, 0.4) is 0 Å². The Kier molecular flexibility index (Phi) is 5.08. The van der Waals surface area contributed by atoms with Gasteiger partial charge in [0.1, 0.15) is 0 Å². The molecule has 2 fully saturated rings. The first kappa shape index (κ1) is 14.3. The highest BCUT2D eigenvalue weighted by Gasteiger charge is 2.37. The Labute approximate surface area is 114 Å². The lowest BCUT2D eigenvalue weighted by Gasteiger charge is -2.51. The van der Waals surface area contributed by atoms with Crippen LogP contribution in [0.1, 0.15) is 59.8 Å². The smallest absolute Gasteiger partial charge is 0.0224 e. The lowest BCUT2D eigenvalue weighted by Crippen LogP contribution is -2.62. The molecule has 2 nitrogen and oxygen atoms in total. The maximum absolute atomic E-state index is 2.86. The molecule has 0 saturated carbocycles. The Bertz CT molecular complexity index is 251. The summed E-state index contributed by atoms with van der Waals surface area (Å²) in [6.07, 6.45) is 6.92. The van der Waals surface area contributed by atoms with Gasteiger partial charge in [-0.3, -0.25) is 9.80 Å². The Morgan fingerprint density at radius 3 is 2.50 bits per heavy atom. The minimum absolute atomic E-state index is 0.791. The van der Waals surface area contributed by atoms with E-state index in [0.29, 0.717) is 0 Å². The van der Waals surface area contributed by atoms with Gasteiger partial charge in [-0.2, -0.15) is 0 Å². The van der Waals surface area contributed by atoms with Gasteiger partial charge in [0.05, 0.1) is 0 Å². The third kappa shape index (κ3) is 2.91. The van der Waals surface area contributed by atoms with Crippen LogP contribution < -0.4 is 0 Å². The maximum Gasteiger partial charge on any atom is 0.0224 e. The van der Waals surface area contributed by atoms with Crippen LogP contribution in [0.15, 0.2) is 0 Å². The van der Waals surface area contributed by atoms with Gasteiger partial charge in [-0.15, -0.1) is 0 Å². The SMILES string of the molecule is CCC1CN2CCCCC2CN1C(CC)C(C)C. The van der Waals surface area contributed by atoms with Crippen molar-refractivity contribution in [3.05, 3.63) is 0 Å². The lowest BCUT2D eigenvalue weighted by atomic mass is 9.91. The monoisotopic (exact) mass is 252 g/mol. The molecule has 0 aliphatic carbocycles. The summed E-state index contributed by atoms with van der Waals surface area (Å²) in [4.78, 5) is 5.64. The second kappa shape index (κ2) is 6.38. The van der Waals surface area contributed by atoms with Crippen molar-refractivity contribution < 1.29 is 0 Å². The molecule has 2 aliphatic heterocycles. The zero-order chi connectivity index (χ0) is 13.1. The van der Waals surface area contributed by atoms with Crippen LogP contribution in [0.25, 0.3) is 0 Å². The third-order valence-electron chi connectivity index (χ3n) is 5.17. The summed E-state index contributed by atoms with van der Waals surface area (Å²) in [6.45, 7) is 13.5. The summed E-state index contributed by atoms with van der Waals surface area (Å²) in [5.41, 5.74) is 0. The van der Waals surface area contributed by atoms with Crippen LogP contribution in [-0.4, -0.2) is 47.6 Å². The quantitative estimate of drug-likeness (QED) is 0.757. The molecule has 0 radical (unpaired) electrons. The summed E-state index contributed by atoms with van der Waals surface area (Å²) in [5, 5.41) is 0. The van der Waals surface area contributed by atoms with Gasteiger partial charge in [0.2, 0.25) is 0 Å². The predicted octanol–water partition coefficient (Wildman–Crippen LogP) is 3.37. The first-order chi connectivity index (χ1) is 8.67. The predicted molar refractivity (Wildman–Crippen MR) is 78.9 cm³/mol. The van der Waals surface area contributed by atoms with Crippen molar-refractivity contribution in [1.29, 1.82) is 0 Å². The highest BCUT2D eigenvalue weighted by atomic mass is 15.3. The van der Waals surface area contributed by atoms with Crippen LogP contribution in [0.2, 0.25) is 0 Å². The van der Waals surface area contributed by atoms with Crippen molar-refractivity contribution in [3.63, 3.8) is 0 Å². The van der Waals surface area contributed by atoms with E-state index >= 15 is 0 Å². The first-order valence-electron chi connectivity index (χ1n) is 8.17. The Hall–Kier alpha value is -0.0800. The summed E-state index contributed by atoms with van der Waals surface area (Å²) < 4.78 is 0. The molecule has 0 amide bonds. The summed E-state index contributed by atoms with van der Waals surface area (Å²) >= 11 is 0. The van der Waals surface area contributed by atoms with Crippen molar-refractivity contribution in [1.82, 2.24) is 9.80 Å². The second-order valence-electron chi connectivity index (χ2n) is 6.62. The Morgan fingerprint density at radius 2 is 1.89 bits per heavy atom. The molecule has 3 atom stereocenters. The Morgan fingerprint density at radius 1 is 1.11 bits per heavy atom. The second-order valence-corrected chi connectivity index (χ2v) is 6.62. The van der Waals surface area contributed by atoms with Gasteiger partial charge in [-0.05, 0) is 38.1 Å². The molecule has 2 heterocycles. The third-order valence-corrected chi connectivity index (χ3v) is 5.17. The van der Waals surface area contributed by atoms with Gasteiger partial charge in [-0.25, -0.2) is 0 Å². The van der Waals surface area contributed by atoms with E-state index < -0.39 is 0 Å². The highest BCUT2D eigenvalue weighted by Crippen LogP contribution is 2.29. The average Bonchev–Trinajstić information content (AvgIpc) is 2.38. The molecule has 18 heavy (non-hydrogen) atoms. The summed E-state index contributed by atoms with van der Waals surface area (Å²) in [5.74, 6) is 0.791. The van der Waals surface area contributed by atoms with Crippen molar-refractivity contribution in [2.24, 2.45) is 5.92 Å². The molecular formula is C16H32N2. The lowest BCUT2D eigenvalue weighted by molar-refractivity contribution is -0.0266. The fraction of sp³-hybridized carbons (Fsp3) is 1.00. The van der Waals surface area contributed by atoms with Gasteiger partial charge in [0, 0.05) is 31.2 Å². The number of fused-ring (bicyclic) bond motifs is 1. The van der Waals surface area contributed by atoms with E-state index in [2.05, 4.69) is 37.5 Å². The minimum Gasteiger partial charge on any atom is -0.298 e. The van der Waals surface area contributed by atoms with E-state index in [1.807, 2.05) is 0 Å². The molecule has 0 spiro atoms. The largest absolute Gasteiger partial charge is 0.298 e. The zero-order valence-electron chi connectivity index (χ0n) is 12.9. The van der Waals surface area contributed by atoms with Crippen LogP contribution in [0.5, 0.6) is 0 Å². The van der Waals surface area contributed by atoms with E-state index in [0.717, 1.165) is 24.0 Å². The number of rotatable bonds is 4. The molecule has 106 valence electrons. The van der Waals surface area contributed by atoms with E-state index in [9.17, 15) is 0 Å². The van der Waals surface area contributed by atoms with Crippen LogP contribution in [-0.2, 0) is 0 Å². The van der Waals surface area contributed by atoms with Crippen molar-refractivity contribution in [2.75, 3.05) is 19.6 Å². The summed E-state index contributed by atoms with van der Waals surface area (Å²) in [6, 6.07) is 2.44. The normalized spacial score (nSPS) is 32.5. The van der Waals surface area contributed by atoms with Crippen molar-refractivity contribution in [3.8, 4) is 0 Å². The number of hydrogen-bond donors (Lipinski definition) is 0. The Balaban J connectivity index is 2.07. The minimum atomic E-state index is 0.791. The maximum atomic E-state index is 2.86. The van der Waals surface area contributed by atoms with E-state index in [-0.39, 0.29) is 0 Å². The fourth-order valence-electron chi connectivity index (χ4n) is 4.13.